The van der Waals surface area contributed by atoms with Gasteiger partial charge in [-0.1, -0.05) is 43.3 Å². The van der Waals surface area contributed by atoms with Crippen molar-refractivity contribution in [2.75, 3.05) is 20.3 Å². The van der Waals surface area contributed by atoms with Gasteiger partial charge in [-0.3, -0.25) is 0 Å². The van der Waals surface area contributed by atoms with Crippen molar-refractivity contribution < 1.29 is 9.47 Å². The molecule has 2 aromatic carbocycles. The maximum atomic E-state index is 5.85. The lowest BCUT2D eigenvalue weighted by Gasteiger charge is -2.25. The van der Waals surface area contributed by atoms with Gasteiger partial charge in [-0.05, 0) is 18.7 Å². The zero-order chi connectivity index (χ0) is 14.7. The number of nitrogens with one attached hydrogen (secondary N) is 1. The molecule has 0 bridgehead atoms. The Morgan fingerprint density at radius 3 is 2.76 bits per heavy atom. The third-order valence-electron chi connectivity index (χ3n) is 4.04. The molecule has 0 saturated carbocycles. The predicted molar refractivity (Wildman–Crippen MR) is 84.1 cm³/mol. The molecule has 1 N–H and O–H groups in total. The van der Waals surface area contributed by atoms with E-state index < -0.39 is 0 Å². The molecule has 21 heavy (non-hydrogen) atoms. The fourth-order valence-corrected chi connectivity index (χ4v) is 3.08. The Hall–Kier alpha value is -2.00. The van der Waals surface area contributed by atoms with Crippen molar-refractivity contribution >= 4 is 0 Å². The van der Waals surface area contributed by atoms with Crippen LogP contribution >= 0.6 is 0 Å². The van der Waals surface area contributed by atoms with E-state index in [2.05, 4.69) is 36.5 Å². The van der Waals surface area contributed by atoms with Crippen LogP contribution in [0.15, 0.2) is 48.5 Å². The van der Waals surface area contributed by atoms with Gasteiger partial charge in [0.2, 0.25) is 0 Å². The van der Waals surface area contributed by atoms with Crippen LogP contribution in [0.25, 0.3) is 0 Å². The summed E-state index contributed by atoms with van der Waals surface area (Å²) in [7, 11) is 1.72. The molecular weight excluding hydrogens is 262 g/mol. The van der Waals surface area contributed by atoms with E-state index in [0.717, 1.165) is 18.0 Å². The highest BCUT2D eigenvalue weighted by Gasteiger charge is 2.33. The van der Waals surface area contributed by atoms with E-state index in [1.807, 2.05) is 24.3 Å². The molecule has 1 aliphatic rings. The summed E-state index contributed by atoms with van der Waals surface area (Å²) in [5.41, 5.74) is 2.46. The number of benzene rings is 2. The molecule has 0 amide bonds. The topological polar surface area (TPSA) is 30.5 Å². The van der Waals surface area contributed by atoms with Crippen LogP contribution in [0.4, 0.5) is 0 Å². The number of hydrogen-bond acceptors (Lipinski definition) is 3. The molecule has 3 heteroatoms. The number of likely N-dealkylation sites (N-methyl/N-ethyl adjacent to an activating group) is 1. The molecule has 1 aliphatic heterocycles. The van der Waals surface area contributed by atoms with E-state index in [1.54, 1.807) is 7.11 Å². The minimum atomic E-state index is 0.190. The smallest absolute Gasteiger partial charge is 0.123 e. The normalized spacial score (nSPS) is 17.9. The molecule has 2 aromatic rings. The highest BCUT2D eigenvalue weighted by Crippen LogP contribution is 2.43. The van der Waals surface area contributed by atoms with Crippen molar-refractivity contribution in [1.29, 1.82) is 0 Å². The fourth-order valence-electron chi connectivity index (χ4n) is 3.08. The molecule has 0 aromatic heterocycles. The number of hydrogen-bond donors (Lipinski definition) is 1. The van der Waals surface area contributed by atoms with E-state index in [-0.39, 0.29) is 6.04 Å². The molecule has 0 radical (unpaired) electrons. The van der Waals surface area contributed by atoms with Gasteiger partial charge in [0, 0.05) is 23.1 Å². The summed E-state index contributed by atoms with van der Waals surface area (Å²) >= 11 is 0. The number of ether oxygens (including phenoxy) is 2. The predicted octanol–water partition coefficient (Wildman–Crippen LogP) is 3.52. The second kappa shape index (κ2) is 6.19. The Labute approximate surface area is 125 Å². The molecule has 0 aliphatic carbocycles. The monoisotopic (exact) mass is 283 g/mol. The van der Waals surface area contributed by atoms with E-state index >= 15 is 0 Å². The van der Waals surface area contributed by atoms with Gasteiger partial charge in [-0.15, -0.1) is 0 Å². The Morgan fingerprint density at radius 2 is 1.95 bits per heavy atom. The zero-order valence-electron chi connectivity index (χ0n) is 12.5. The quantitative estimate of drug-likeness (QED) is 0.910. The minimum absolute atomic E-state index is 0.190. The second-order valence-electron chi connectivity index (χ2n) is 5.23. The highest BCUT2D eigenvalue weighted by atomic mass is 16.5. The summed E-state index contributed by atoms with van der Waals surface area (Å²) in [5.74, 6) is 2.23. The van der Waals surface area contributed by atoms with Crippen molar-refractivity contribution in [3.8, 4) is 11.5 Å². The van der Waals surface area contributed by atoms with Crippen molar-refractivity contribution in [3.05, 3.63) is 59.7 Å². The van der Waals surface area contributed by atoms with E-state index in [4.69, 9.17) is 9.47 Å². The maximum absolute atomic E-state index is 5.85. The largest absolute Gasteiger partial charge is 0.496 e. The Bertz CT molecular complexity index is 612. The first-order valence-electron chi connectivity index (χ1n) is 7.43. The molecule has 110 valence electrons. The van der Waals surface area contributed by atoms with Crippen LogP contribution in [0.3, 0.4) is 0 Å². The maximum Gasteiger partial charge on any atom is 0.123 e. The third-order valence-corrected chi connectivity index (χ3v) is 4.04. The van der Waals surface area contributed by atoms with Crippen LogP contribution in [-0.4, -0.2) is 20.3 Å². The van der Waals surface area contributed by atoms with Gasteiger partial charge in [0.15, 0.2) is 0 Å². The van der Waals surface area contributed by atoms with Gasteiger partial charge in [-0.2, -0.15) is 0 Å². The van der Waals surface area contributed by atoms with E-state index in [0.29, 0.717) is 12.5 Å². The molecule has 1 heterocycles. The molecule has 2 unspecified atom stereocenters. The lowest BCUT2D eigenvalue weighted by Crippen LogP contribution is -2.28. The Balaban J connectivity index is 2.00. The Kier molecular flexibility index (Phi) is 4.11. The summed E-state index contributed by atoms with van der Waals surface area (Å²) in [6.07, 6.45) is 0. The fraction of sp³-hybridized carbons (Fsp3) is 0.333. The number of para-hydroxylation sites is 2. The van der Waals surface area contributed by atoms with Gasteiger partial charge >= 0.3 is 0 Å². The minimum Gasteiger partial charge on any atom is -0.496 e. The SMILES string of the molecule is CCNC(c1ccccc1OC)C1COc2ccccc21. The van der Waals surface area contributed by atoms with Gasteiger partial charge in [-0.25, -0.2) is 0 Å². The van der Waals surface area contributed by atoms with Gasteiger partial charge in [0.25, 0.3) is 0 Å². The molecule has 0 fully saturated rings. The van der Waals surface area contributed by atoms with Crippen LogP contribution in [-0.2, 0) is 0 Å². The van der Waals surface area contributed by atoms with Crippen molar-refractivity contribution in [3.63, 3.8) is 0 Å². The summed E-state index contributed by atoms with van der Waals surface area (Å²) in [5, 5.41) is 3.60. The van der Waals surface area contributed by atoms with Crippen molar-refractivity contribution in [1.82, 2.24) is 5.32 Å². The lowest BCUT2D eigenvalue weighted by molar-refractivity contribution is 0.297. The van der Waals surface area contributed by atoms with Gasteiger partial charge in [0.1, 0.15) is 11.5 Å². The molecule has 0 saturated heterocycles. The second-order valence-corrected chi connectivity index (χ2v) is 5.23. The summed E-state index contributed by atoms with van der Waals surface area (Å²) < 4.78 is 11.4. The average Bonchev–Trinajstić information content (AvgIpc) is 2.96. The van der Waals surface area contributed by atoms with Crippen molar-refractivity contribution in [2.24, 2.45) is 0 Å². The first kappa shape index (κ1) is 14.0. The van der Waals surface area contributed by atoms with E-state index in [1.165, 1.54) is 11.1 Å². The first-order valence-corrected chi connectivity index (χ1v) is 7.43. The molecule has 2 atom stereocenters. The van der Waals surface area contributed by atoms with Crippen LogP contribution in [0.1, 0.15) is 30.0 Å². The molecule has 3 nitrogen and oxygen atoms in total. The summed E-state index contributed by atoms with van der Waals surface area (Å²) in [4.78, 5) is 0. The van der Waals surface area contributed by atoms with Gasteiger partial charge in [0.05, 0.1) is 13.7 Å². The number of methoxy groups -OCH3 is 1. The molecular formula is C18H21NO2. The zero-order valence-corrected chi connectivity index (χ0v) is 12.5. The third kappa shape index (κ3) is 2.61. The molecule has 0 spiro atoms. The Morgan fingerprint density at radius 1 is 1.19 bits per heavy atom. The van der Waals surface area contributed by atoms with Crippen LogP contribution in [0.5, 0.6) is 11.5 Å². The summed E-state index contributed by atoms with van der Waals surface area (Å²) in [6, 6.07) is 16.7. The van der Waals surface area contributed by atoms with Gasteiger partial charge < -0.3 is 14.8 Å². The van der Waals surface area contributed by atoms with E-state index in [9.17, 15) is 0 Å². The average molecular weight is 283 g/mol. The van der Waals surface area contributed by atoms with Crippen LogP contribution < -0.4 is 14.8 Å². The highest BCUT2D eigenvalue weighted by molar-refractivity contribution is 5.45. The standard InChI is InChI=1S/C18H21NO2/c1-3-19-18(14-9-5-6-10-16(14)20-2)15-12-21-17-11-7-4-8-13(15)17/h4-11,15,18-19H,3,12H2,1-2H3. The lowest BCUT2D eigenvalue weighted by atomic mass is 9.88. The number of fused-ring (bicyclic) bond motifs is 1. The number of rotatable bonds is 5. The van der Waals surface area contributed by atoms with Crippen molar-refractivity contribution in [2.45, 2.75) is 18.9 Å². The summed E-state index contributed by atoms with van der Waals surface area (Å²) in [6.45, 7) is 3.74. The first-order chi connectivity index (χ1) is 10.3. The van der Waals surface area contributed by atoms with Crippen LogP contribution in [0, 0.1) is 0 Å². The molecule has 3 rings (SSSR count). The van der Waals surface area contributed by atoms with Crippen LogP contribution in [0.2, 0.25) is 0 Å².